The molecule has 2 aliphatic heterocycles. The number of fused-ring (bicyclic) bond motifs is 1. The summed E-state index contributed by atoms with van der Waals surface area (Å²) in [6.07, 6.45) is -2.34. The number of carbonyl (C=O) groups is 1. The van der Waals surface area contributed by atoms with Crippen molar-refractivity contribution >= 4 is 11.6 Å². The Kier molecular flexibility index (Phi) is 4.53. The number of alkyl halides is 3. The number of amides is 1. The molecule has 2 aromatic heterocycles. The third kappa shape index (κ3) is 3.62. The molecule has 4 heterocycles. The van der Waals surface area contributed by atoms with Gasteiger partial charge in [0.15, 0.2) is 11.5 Å². The highest BCUT2D eigenvalue weighted by Gasteiger charge is 2.42. The summed E-state index contributed by atoms with van der Waals surface area (Å²) >= 11 is 0. The van der Waals surface area contributed by atoms with E-state index in [0.29, 0.717) is 25.2 Å². The summed E-state index contributed by atoms with van der Waals surface area (Å²) in [6.45, 7) is 2.23. The number of carbonyl (C=O) groups excluding carboxylic acids is 1. The Bertz CT molecular complexity index is 843. The molecule has 0 spiro atoms. The normalized spacial score (nSPS) is 22.9. The van der Waals surface area contributed by atoms with Crippen LogP contribution in [0.3, 0.4) is 0 Å². The Morgan fingerprint density at radius 1 is 1.11 bits per heavy atom. The summed E-state index contributed by atoms with van der Waals surface area (Å²) in [7, 11) is 0. The van der Waals surface area contributed by atoms with E-state index in [-0.39, 0.29) is 12.5 Å². The molecule has 1 unspecified atom stereocenters. The molecule has 2 fully saturated rings. The molecule has 7 nitrogen and oxygen atoms in total. The third-order valence-corrected chi connectivity index (χ3v) is 5.40. The van der Waals surface area contributed by atoms with Gasteiger partial charge in [0.25, 0.3) is 0 Å². The minimum Gasteiger partial charge on any atom is -0.332 e. The smallest absolute Gasteiger partial charge is 0.332 e. The van der Waals surface area contributed by atoms with Crippen LogP contribution in [0.4, 0.5) is 13.2 Å². The molecular weight excluding hydrogens is 361 g/mol. The van der Waals surface area contributed by atoms with Crippen molar-refractivity contribution in [3.05, 3.63) is 23.7 Å². The van der Waals surface area contributed by atoms with E-state index in [1.165, 1.54) is 0 Å². The van der Waals surface area contributed by atoms with Gasteiger partial charge in [-0.05, 0) is 51.4 Å². The highest BCUT2D eigenvalue weighted by Crippen LogP contribution is 2.30. The number of nitrogens with zero attached hydrogens (tertiary/aromatic N) is 6. The van der Waals surface area contributed by atoms with Crippen molar-refractivity contribution in [2.75, 3.05) is 26.2 Å². The lowest BCUT2D eigenvalue weighted by molar-refractivity contribution is -0.159. The lowest BCUT2D eigenvalue weighted by Crippen LogP contribution is -2.46. The van der Waals surface area contributed by atoms with Crippen LogP contribution in [-0.2, 0) is 4.79 Å². The average molecular weight is 382 g/mol. The summed E-state index contributed by atoms with van der Waals surface area (Å²) in [5, 5.41) is 12.9. The first kappa shape index (κ1) is 18.1. The topological polar surface area (TPSA) is 66.6 Å². The van der Waals surface area contributed by atoms with Crippen molar-refractivity contribution in [1.29, 1.82) is 0 Å². The average Bonchev–Trinajstić information content (AvgIpc) is 3.18. The molecule has 0 aromatic carbocycles. The van der Waals surface area contributed by atoms with Crippen molar-refractivity contribution in [2.45, 2.75) is 44.3 Å². The molecule has 146 valence electrons. The molecule has 1 amide bonds. The molecular formula is C17H21F3N6O. The van der Waals surface area contributed by atoms with Gasteiger partial charge >= 0.3 is 6.18 Å². The maximum Gasteiger partial charge on any atom is 0.406 e. The molecule has 2 aliphatic rings. The van der Waals surface area contributed by atoms with E-state index < -0.39 is 24.7 Å². The second-order valence-corrected chi connectivity index (χ2v) is 7.29. The standard InChI is InChI=1S/C17H21F3N6O/c1-11-2-3-14-21-22-15(26(14)23-11)12-4-7-24(8-5-12)13-6-9-25(16(13)27)10-17(18,19)20/h2-3,12-13H,4-10H2,1H3. The number of halogens is 3. The number of hydrogen-bond acceptors (Lipinski definition) is 5. The first-order chi connectivity index (χ1) is 12.8. The largest absolute Gasteiger partial charge is 0.406 e. The van der Waals surface area contributed by atoms with Gasteiger partial charge in [-0.25, -0.2) is 0 Å². The Balaban J connectivity index is 1.40. The summed E-state index contributed by atoms with van der Waals surface area (Å²) in [5.74, 6) is 0.578. The van der Waals surface area contributed by atoms with Crippen LogP contribution in [0.2, 0.25) is 0 Å². The zero-order valence-electron chi connectivity index (χ0n) is 15.0. The Labute approximate surface area is 154 Å². The van der Waals surface area contributed by atoms with E-state index >= 15 is 0 Å². The van der Waals surface area contributed by atoms with Gasteiger partial charge in [-0.3, -0.25) is 9.69 Å². The fourth-order valence-corrected chi connectivity index (χ4v) is 4.06. The first-order valence-corrected chi connectivity index (χ1v) is 9.10. The van der Waals surface area contributed by atoms with E-state index in [0.717, 1.165) is 29.3 Å². The predicted molar refractivity (Wildman–Crippen MR) is 90.1 cm³/mol. The maximum atomic E-state index is 12.6. The number of rotatable bonds is 3. The van der Waals surface area contributed by atoms with E-state index in [1.807, 2.05) is 24.0 Å². The lowest BCUT2D eigenvalue weighted by atomic mass is 9.95. The molecule has 0 bridgehead atoms. The zero-order valence-corrected chi connectivity index (χ0v) is 15.0. The fourth-order valence-electron chi connectivity index (χ4n) is 4.06. The van der Waals surface area contributed by atoms with Crippen LogP contribution in [0.1, 0.15) is 36.7 Å². The number of aromatic nitrogens is 4. The minimum atomic E-state index is -4.35. The van der Waals surface area contributed by atoms with Gasteiger partial charge in [0.1, 0.15) is 6.54 Å². The number of hydrogen-bond donors (Lipinski definition) is 0. The molecule has 2 aromatic rings. The molecule has 0 N–H and O–H groups in total. The van der Waals surface area contributed by atoms with E-state index in [9.17, 15) is 18.0 Å². The number of aryl methyl sites for hydroxylation is 1. The summed E-state index contributed by atoms with van der Waals surface area (Å²) in [6, 6.07) is 3.32. The minimum absolute atomic E-state index is 0.168. The van der Waals surface area contributed by atoms with Crippen LogP contribution in [0.25, 0.3) is 5.65 Å². The van der Waals surface area contributed by atoms with E-state index in [2.05, 4.69) is 15.3 Å². The van der Waals surface area contributed by atoms with Crippen molar-refractivity contribution in [2.24, 2.45) is 0 Å². The Hall–Kier alpha value is -2.23. The molecule has 0 radical (unpaired) electrons. The van der Waals surface area contributed by atoms with Crippen LogP contribution < -0.4 is 0 Å². The highest BCUT2D eigenvalue weighted by molar-refractivity contribution is 5.84. The third-order valence-electron chi connectivity index (χ3n) is 5.40. The van der Waals surface area contributed by atoms with Gasteiger partial charge in [-0.2, -0.15) is 22.8 Å². The van der Waals surface area contributed by atoms with Crippen LogP contribution in [-0.4, -0.2) is 73.9 Å². The van der Waals surface area contributed by atoms with Crippen molar-refractivity contribution in [3.8, 4) is 0 Å². The molecule has 27 heavy (non-hydrogen) atoms. The highest BCUT2D eigenvalue weighted by atomic mass is 19.4. The van der Waals surface area contributed by atoms with E-state index in [1.54, 1.807) is 4.52 Å². The molecule has 4 rings (SSSR count). The fraction of sp³-hybridized carbons (Fsp3) is 0.647. The Morgan fingerprint density at radius 2 is 1.85 bits per heavy atom. The summed E-state index contributed by atoms with van der Waals surface area (Å²) < 4.78 is 39.5. The van der Waals surface area contributed by atoms with Crippen LogP contribution in [0.15, 0.2) is 12.1 Å². The van der Waals surface area contributed by atoms with Gasteiger partial charge in [-0.15, -0.1) is 10.2 Å². The van der Waals surface area contributed by atoms with Crippen LogP contribution in [0.5, 0.6) is 0 Å². The Morgan fingerprint density at radius 3 is 2.56 bits per heavy atom. The van der Waals surface area contributed by atoms with Crippen LogP contribution >= 0.6 is 0 Å². The number of likely N-dealkylation sites (tertiary alicyclic amines) is 2. The molecule has 2 saturated heterocycles. The quantitative estimate of drug-likeness (QED) is 0.810. The molecule has 1 atom stereocenters. The van der Waals surface area contributed by atoms with Crippen LogP contribution in [0, 0.1) is 6.92 Å². The second kappa shape index (κ2) is 6.74. The summed E-state index contributed by atoms with van der Waals surface area (Å²) in [4.78, 5) is 15.3. The molecule has 0 aliphatic carbocycles. The zero-order chi connectivity index (χ0) is 19.2. The molecule has 0 saturated carbocycles. The van der Waals surface area contributed by atoms with Gasteiger partial charge in [0, 0.05) is 12.5 Å². The SMILES string of the molecule is Cc1ccc2nnc(C3CCN(C4CCN(CC(F)(F)F)C4=O)CC3)n2n1. The summed E-state index contributed by atoms with van der Waals surface area (Å²) in [5.41, 5.74) is 1.58. The number of piperidine rings is 1. The first-order valence-electron chi connectivity index (χ1n) is 9.10. The van der Waals surface area contributed by atoms with Gasteiger partial charge in [0.05, 0.1) is 11.7 Å². The maximum absolute atomic E-state index is 12.6. The van der Waals surface area contributed by atoms with Gasteiger partial charge in [0.2, 0.25) is 5.91 Å². The monoisotopic (exact) mass is 382 g/mol. The van der Waals surface area contributed by atoms with E-state index in [4.69, 9.17) is 0 Å². The predicted octanol–water partition coefficient (Wildman–Crippen LogP) is 1.78. The van der Waals surface area contributed by atoms with Crippen molar-refractivity contribution in [3.63, 3.8) is 0 Å². The van der Waals surface area contributed by atoms with Crippen molar-refractivity contribution < 1.29 is 18.0 Å². The molecule has 10 heteroatoms. The lowest BCUT2D eigenvalue weighted by Gasteiger charge is -2.34. The second-order valence-electron chi connectivity index (χ2n) is 7.29. The van der Waals surface area contributed by atoms with Crippen molar-refractivity contribution in [1.82, 2.24) is 29.6 Å². The van der Waals surface area contributed by atoms with Gasteiger partial charge in [-0.1, -0.05) is 0 Å². The van der Waals surface area contributed by atoms with Gasteiger partial charge < -0.3 is 4.90 Å².